The molecular formula is C8H9ClF2IN3. The van der Waals surface area contributed by atoms with Crippen molar-refractivity contribution in [3.63, 3.8) is 0 Å². The van der Waals surface area contributed by atoms with E-state index in [-0.39, 0.29) is 12.4 Å². The SMILES string of the molecule is FC(F)CN(CCCl)c1ncncc1I. The van der Waals surface area contributed by atoms with Gasteiger partial charge in [-0.2, -0.15) is 0 Å². The summed E-state index contributed by atoms with van der Waals surface area (Å²) in [5.41, 5.74) is 0. The third kappa shape index (κ3) is 4.02. The molecule has 0 N–H and O–H groups in total. The summed E-state index contributed by atoms with van der Waals surface area (Å²) in [4.78, 5) is 9.23. The predicted molar refractivity (Wildman–Crippen MR) is 63.7 cm³/mol. The normalized spacial score (nSPS) is 10.7. The van der Waals surface area contributed by atoms with Crippen LogP contribution in [0.15, 0.2) is 12.5 Å². The molecular weight excluding hydrogens is 338 g/mol. The zero-order valence-electron chi connectivity index (χ0n) is 7.71. The van der Waals surface area contributed by atoms with E-state index in [2.05, 4.69) is 9.97 Å². The topological polar surface area (TPSA) is 29.0 Å². The van der Waals surface area contributed by atoms with Gasteiger partial charge in [0.25, 0.3) is 6.43 Å². The lowest BCUT2D eigenvalue weighted by atomic mass is 10.4. The lowest BCUT2D eigenvalue weighted by molar-refractivity contribution is 0.155. The maximum absolute atomic E-state index is 12.3. The maximum Gasteiger partial charge on any atom is 0.255 e. The van der Waals surface area contributed by atoms with Gasteiger partial charge in [0.05, 0.1) is 10.1 Å². The quantitative estimate of drug-likeness (QED) is 0.605. The highest BCUT2D eigenvalue weighted by atomic mass is 127. The molecule has 0 bridgehead atoms. The summed E-state index contributed by atoms with van der Waals surface area (Å²) >= 11 is 7.56. The minimum atomic E-state index is -2.40. The van der Waals surface area contributed by atoms with Crippen LogP contribution in [0, 0.1) is 3.57 Å². The van der Waals surface area contributed by atoms with Crippen LogP contribution in [-0.2, 0) is 0 Å². The fourth-order valence-electron chi connectivity index (χ4n) is 1.09. The fraction of sp³-hybridized carbons (Fsp3) is 0.500. The van der Waals surface area contributed by atoms with Crippen molar-refractivity contribution in [2.45, 2.75) is 6.43 Å². The van der Waals surface area contributed by atoms with Crippen LogP contribution in [0.2, 0.25) is 0 Å². The summed E-state index contributed by atoms with van der Waals surface area (Å²) in [6.45, 7) is -0.0152. The molecule has 0 aliphatic rings. The molecule has 0 saturated carbocycles. The molecule has 15 heavy (non-hydrogen) atoms. The van der Waals surface area contributed by atoms with Gasteiger partial charge in [-0.3, -0.25) is 0 Å². The van der Waals surface area contributed by atoms with Crippen molar-refractivity contribution in [2.75, 3.05) is 23.9 Å². The number of alkyl halides is 3. The smallest absolute Gasteiger partial charge is 0.255 e. The van der Waals surface area contributed by atoms with Gasteiger partial charge in [-0.05, 0) is 22.6 Å². The number of hydrogen-bond acceptors (Lipinski definition) is 3. The monoisotopic (exact) mass is 347 g/mol. The molecule has 7 heteroatoms. The molecule has 1 rings (SSSR count). The lowest BCUT2D eigenvalue weighted by Crippen LogP contribution is -2.32. The molecule has 0 aliphatic carbocycles. The van der Waals surface area contributed by atoms with Crippen molar-refractivity contribution >= 4 is 40.0 Å². The molecule has 0 saturated heterocycles. The molecule has 0 aliphatic heterocycles. The van der Waals surface area contributed by atoms with Gasteiger partial charge >= 0.3 is 0 Å². The number of rotatable bonds is 5. The van der Waals surface area contributed by atoms with Crippen molar-refractivity contribution < 1.29 is 8.78 Å². The van der Waals surface area contributed by atoms with Crippen LogP contribution in [0.3, 0.4) is 0 Å². The van der Waals surface area contributed by atoms with E-state index in [4.69, 9.17) is 11.6 Å². The van der Waals surface area contributed by atoms with Gasteiger partial charge in [-0.1, -0.05) is 0 Å². The van der Waals surface area contributed by atoms with E-state index >= 15 is 0 Å². The van der Waals surface area contributed by atoms with E-state index in [1.54, 1.807) is 6.20 Å². The summed E-state index contributed by atoms with van der Waals surface area (Å²) < 4.78 is 25.3. The Morgan fingerprint density at radius 1 is 1.53 bits per heavy atom. The van der Waals surface area contributed by atoms with Gasteiger partial charge in [-0.15, -0.1) is 11.6 Å². The summed E-state index contributed by atoms with van der Waals surface area (Å²) in [5.74, 6) is 0.791. The third-order valence-electron chi connectivity index (χ3n) is 1.66. The van der Waals surface area contributed by atoms with E-state index in [9.17, 15) is 8.78 Å². The van der Waals surface area contributed by atoms with Gasteiger partial charge in [0.2, 0.25) is 0 Å². The molecule has 0 spiro atoms. The first-order chi connectivity index (χ1) is 7.15. The van der Waals surface area contributed by atoms with Gasteiger partial charge in [-0.25, -0.2) is 18.7 Å². The average Bonchev–Trinajstić information content (AvgIpc) is 2.17. The molecule has 1 aromatic heterocycles. The number of hydrogen-bond donors (Lipinski definition) is 0. The number of anilines is 1. The second-order valence-electron chi connectivity index (χ2n) is 2.72. The molecule has 0 radical (unpaired) electrons. The molecule has 1 heterocycles. The molecule has 0 fully saturated rings. The van der Waals surface area contributed by atoms with Crippen molar-refractivity contribution in [1.82, 2.24) is 9.97 Å². The van der Waals surface area contributed by atoms with Crippen molar-refractivity contribution in [3.8, 4) is 0 Å². The van der Waals surface area contributed by atoms with E-state index < -0.39 is 6.43 Å². The lowest BCUT2D eigenvalue weighted by Gasteiger charge is -2.22. The number of halogens is 4. The molecule has 84 valence electrons. The Hall–Kier alpha value is -0.240. The highest BCUT2D eigenvalue weighted by Gasteiger charge is 2.15. The first-order valence-electron chi connectivity index (χ1n) is 4.19. The highest BCUT2D eigenvalue weighted by Crippen LogP contribution is 2.18. The first-order valence-corrected chi connectivity index (χ1v) is 5.81. The van der Waals surface area contributed by atoms with Gasteiger partial charge in [0.15, 0.2) is 0 Å². The van der Waals surface area contributed by atoms with Crippen LogP contribution in [-0.4, -0.2) is 35.4 Å². The van der Waals surface area contributed by atoms with Crippen LogP contribution in [0.4, 0.5) is 14.6 Å². The predicted octanol–water partition coefficient (Wildman–Crippen LogP) is 2.39. The van der Waals surface area contributed by atoms with Gasteiger partial charge < -0.3 is 4.90 Å². The van der Waals surface area contributed by atoms with Crippen LogP contribution in [0.5, 0.6) is 0 Å². The average molecular weight is 348 g/mol. The summed E-state index contributed by atoms with van der Waals surface area (Å²) in [6, 6.07) is 0. The first kappa shape index (κ1) is 12.8. The Morgan fingerprint density at radius 3 is 2.80 bits per heavy atom. The van der Waals surface area contributed by atoms with E-state index in [1.807, 2.05) is 22.6 Å². The zero-order valence-corrected chi connectivity index (χ0v) is 10.6. The second kappa shape index (κ2) is 6.37. The number of nitrogens with zero attached hydrogens (tertiary/aromatic N) is 3. The highest BCUT2D eigenvalue weighted by molar-refractivity contribution is 14.1. The van der Waals surface area contributed by atoms with Gasteiger partial charge in [0, 0.05) is 18.6 Å². The van der Waals surface area contributed by atoms with Crippen LogP contribution in [0.1, 0.15) is 0 Å². The fourth-order valence-corrected chi connectivity index (χ4v) is 1.94. The Labute approximate surface area is 105 Å². The number of aromatic nitrogens is 2. The van der Waals surface area contributed by atoms with E-state index in [1.165, 1.54) is 11.2 Å². The largest absolute Gasteiger partial charge is 0.349 e. The van der Waals surface area contributed by atoms with Crippen LogP contribution in [0.25, 0.3) is 0 Å². The molecule has 0 unspecified atom stereocenters. The maximum atomic E-state index is 12.3. The summed E-state index contributed by atoms with van der Waals surface area (Å²) in [5, 5.41) is 0. The summed E-state index contributed by atoms with van der Waals surface area (Å²) in [7, 11) is 0. The summed E-state index contributed by atoms with van der Waals surface area (Å²) in [6.07, 6.45) is 0.513. The van der Waals surface area contributed by atoms with E-state index in [0.29, 0.717) is 12.4 Å². The molecule has 3 nitrogen and oxygen atoms in total. The molecule has 0 aromatic carbocycles. The third-order valence-corrected chi connectivity index (χ3v) is 2.59. The Bertz CT molecular complexity index is 314. The Balaban J connectivity index is 2.83. The van der Waals surface area contributed by atoms with E-state index in [0.717, 1.165) is 3.57 Å². The minimum absolute atomic E-state index is 0.285. The molecule has 1 aromatic rings. The molecule has 0 amide bonds. The van der Waals surface area contributed by atoms with Gasteiger partial charge in [0.1, 0.15) is 12.1 Å². The van der Waals surface area contributed by atoms with Crippen molar-refractivity contribution in [2.24, 2.45) is 0 Å². The van der Waals surface area contributed by atoms with Crippen LogP contribution < -0.4 is 4.90 Å². The van der Waals surface area contributed by atoms with Crippen LogP contribution >= 0.6 is 34.2 Å². The minimum Gasteiger partial charge on any atom is -0.349 e. The Morgan fingerprint density at radius 2 is 2.27 bits per heavy atom. The zero-order chi connectivity index (χ0) is 11.3. The second-order valence-corrected chi connectivity index (χ2v) is 4.26. The molecule has 0 atom stereocenters. The van der Waals surface area contributed by atoms with Crippen molar-refractivity contribution in [3.05, 3.63) is 16.1 Å². The standard InChI is InChI=1S/C8H9ClF2IN3/c9-1-2-15(4-7(10)11)8-6(12)3-13-5-14-8/h3,5,7H,1-2,4H2. The van der Waals surface area contributed by atoms with Crippen molar-refractivity contribution in [1.29, 1.82) is 0 Å². The Kier molecular flexibility index (Phi) is 5.44.